The van der Waals surface area contributed by atoms with Crippen LogP contribution in [-0.2, 0) is 20.8 Å². The first-order chi connectivity index (χ1) is 8.41. The van der Waals surface area contributed by atoms with Crippen LogP contribution in [0.2, 0.25) is 5.02 Å². The summed E-state index contributed by atoms with van der Waals surface area (Å²) in [6, 6.07) is 4.67. The molecule has 2 rings (SSSR count). The summed E-state index contributed by atoms with van der Waals surface area (Å²) in [6.07, 6.45) is 0. The van der Waals surface area contributed by atoms with Gasteiger partial charge in [-0.05, 0) is 18.2 Å². The monoisotopic (exact) mass is 371 g/mol. The van der Waals surface area contributed by atoms with E-state index >= 15 is 0 Å². The maximum absolute atomic E-state index is 12.4. The minimum absolute atomic E-state index is 0.0973. The van der Waals surface area contributed by atoms with Crippen LogP contribution in [0, 0.1) is 0 Å². The summed E-state index contributed by atoms with van der Waals surface area (Å²) in [5.41, 5.74) is 0. The Kier molecular flexibility index (Phi) is 4.48. The van der Waals surface area contributed by atoms with E-state index in [4.69, 9.17) is 11.6 Å². The Balaban J connectivity index is 2.33. The van der Waals surface area contributed by atoms with Crippen LogP contribution >= 0.6 is 27.5 Å². The molecular weight excluding hydrogens is 362 g/mol. The van der Waals surface area contributed by atoms with Crippen LogP contribution in [0.5, 0.6) is 0 Å². The van der Waals surface area contributed by atoms with E-state index in [1.54, 1.807) is 12.1 Å². The predicted octanol–water partition coefficient (Wildman–Crippen LogP) is 1.86. The molecule has 18 heavy (non-hydrogen) atoms. The second-order valence-electron chi connectivity index (χ2n) is 3.83. The normalized spacial score (nSPS) is 19.0. The van der Waals surface area contributed by atoms with Gasteiger partial charge < -0.3 is 0 Å². The molecule has 0 bridgehead atoms. The number of benzene rings is 1. The second kappa shape index (κ2) is 5.58. The number of nitrogens with zero attached hydrogens (tertiary/aromatic N) is 1. The molecule has 0 amide bonds. The summed E-state index contributed by atoms with van der Waals surface area (Å²) in [7, 11) is -4.49. The largest absolute Gasteiger partial charge is 0.259 e. The highest BCUT2D eigenvalue weighted by Crippen LogP contribution is 2.28. The van der Waals surface area contributed by atoms with E-state index in [0.29, 0.717) is 11.5 Å². The lowest BCUT2D eigenvalue weighted by Gasteiger charge is -2.25. The highest BCUT2D eigenvalue weighted by molar-refractivity contribution is 9.10. The summed E-state index contributed by atoms with van der Waals surface area (Å²) < 4.78 is 38.0. The molecule has 1 aliphatic heterocycles. The van der Waals surface area contributed by atoms with Gasteiger partial charge >= 0.3 is 0 Å². The van der Waals surface area contributed by atoms with Crippen molar-refractivity contribution in [3.8, 4) is 0 Å². The maximum Gasteiger partial charge on any atom is 0.244 e. The van der Waals surface area contributed by atoms with Gasteiger partial charge in [-0.25, -0.2) is 8.42 Å². The van der Waals surface area contributed by atoms with Gasteiger partial charge in [0.05, 0.1) is 5.02 Å². The Hall–Kier alpha value is 0.0500. The van der Waals surface area contributed by atoms with Crippen LogP contribution in [0.4, 0.5) is 0 Å². The van der Waals surface area contributed by atoms with Crippen molar-refractivity contribution in [3.05, 3.63) is 27.7 Å². The first-order valence-electron chi connectivity index (χ1n) is 5.21. The van der Waals surface area contributed by atoms with Gasteiger partial charge in [0, 0.05) is 39.9 Å². The van der Waals surface area contributed by atoms with Crippen molar-refractivity contribution in [2.45, 2.75) is 4.90 Å². The van der Waals surface area contributed by atoms with Crippen LogP contribution < -0.4 is 0 Å². The Labute approximate surface area is 122 Å². The average Bonchev–Trinajstić information content (AvgIpc) is 2.29. The second-order valence-corrected chi connectivity index (χ2v) is 8.75. The van der Waals surface area contributed by atoms with Crippen LogP contribution in [0.3, 0.4) is 0 Å². The quantitative estimate of drug-likeness (QED) is 0.796. The smallest absolute Gasteiger partial charge is 0.244 e. The molecule has 0 saturated carbocycles. The standard InChI is InChI=1S/C10H11BrClNO3S2/c11-8-1-2-10(9(12)7-8)18(15,16)13-3-5-17(14)6-4-13/h1-2,7H,3-6H2. The zero-order valence-corrected chi connectivity index (χ0v) is 13.3. The third kappa shape index (κ3) is 2.96. The van der Waals surface area contributed by atoms with Crippen LogP contribution in [-0.4, -0.2) is 41.5 Å². The van der Waals surface area contributed by atoms with Crippen LogP contribution in [0.15, 0.2) is 27.6 Å². The Morgan fingerprint density at radius 2 is 1.89 bits per heavy atom. The van der Waals surface area contributed by atoms with E-state index in [1.807, 2.05) is 0 Å². The molecule has 4 nitrogen and oxygen atoms in total. The highest BCUT2D eigenvalue weighted by atomic mass is 79.9. The van der Waals surface area contributed by atoms with Gasteiger partial charge in [0.25, 0.3) is 0 Å². The van der Waals surface area contributed by atoms with Crippen molar-refractivity contribution in [2.75, 3.05) is 24.6 Å². The Morgan fingerprint density at radius 1 is 1.28 bits per heavy atom. The highest BCUT2D eigenvalue weighted by Gasteiger charge is 2.29. The van der Waals surface area contributed by atoms with Gasteiger partial charge in [0.15, 0.2) is 0 Å². The molecule has 0 aliphatic carbocycles. The minimum Gasteiger partial charge on any atom is -0.259 e. The van der Waals surface area contributed by atoms with Crippen molar-refractivity contribution < 1.29 is 12.6 Å². The van der Waals surface area contributed by atoms with E-state index in [9.17, 15) is 12.6 Å². The zero-order chi connectivity index (χ0) is 13.3. The third-order valence-electron chi connectivity index (χ3n) is 2.65. The number of hydrogen-bond acceptors (Lipinski definition) is 3. The van der Waals surface area contributed by atoms with Gasteiger partial charge in [-0.3, -0.25) is 4.21 Å². The molecule has 0 spiro atoms. The summed E-state index contributed by atoms with van der Waals surface area (Å²) in [6.45, 7) is 0.558. The van der Waals surface area contributed by atoms with Gasteiger partial charge in [0.1, 0.15) is 4.90 Å². The SMILES string of the molecule is O=S1CCN(S(=O)(=O)c2ccc(Br)cc2Cl)CC1. The van der Waals surface area contributed by atoms with Crippen molar-refractivity contribution in [3.63, 3.8) is 0 Å². The molecule has 0 atom stereocenters. The molecule has 1 heterocycles. The summed E-state index contributed by atoms with van der Waals surface area (Å²) in [4.78, 5) is 0.0973. The molecule has 0 radical (unpaired) electrons. The van der Waals surface area contributed by atoms with Crippen LogP contribution in [0.25, 0.3) is 0 Å². The third-order valence-corrected chi connectivity index (χ3v) is 6.80. The van der Waals surface area contributed by atoms with Crippen LogP contribution in [0.1, 0.15) is 0 Å². The lowest BCUT2D eigenvalue weighted by molar-refractivity contribution is 0.439. The summed E-state index contributed by atoms with van der Waals surface area (Å²) in [5.74, 6) is 0.765. The Morgan fingerprint density at radius 3 is 2.44 bits per heavy atom. The molecule has 0 aromatic heterocycles. The van der Waals surface area contributed by atoms with Gasteiger partial charge in [-0.15, -0.1) is 0 Å². The first-order valence-corrected chi connectivity index (χ1v) is 9.31. The molecule has 1 aromatic rings. The van der Waals surface area contributed by atoms with Gasteiger partial charge in [0.2, 0.25) is 10.0 Å². The van der Waals surface area contributed by atoms with Gasteiger partial charge in [-0.2, -0.15) is 4.31 Å². The van der Waals surface area contributed by atoms with E-state index in [0.717, 1.165) is 4.47 Å². The fraction of sp³-hybridized carbons (Fsp3) is 0.400. The molecule has 8 heteroatoms. The topological polar surface area (TPSA) is 54.5 Å². The zero-order valence-electron chi connectivity index (χ0n) is 9.30. The van der Waals surface area contributed by atoms with E-state index in [-0.39, 0.29) is 23.0 Å². The molecule has 1 aromatic carbocycles. The molecular formula is C10H11BrClNO3S2. The Bertz CT molecular complexity index is 581. The average molecular weight is 373 g/mol. The van der Waals surface area contributed by atoms with Crippen molar-refractivity contribution in [1.82, 2.24) is 4.31 Å². The molecule has 0 unspecified atom stereocenters. The summed E-state index contributed by atoms with van der Waals surface area (Å²) >= 11 is 9.20. The van der Waals surface area contributed by atoms with Gasteiger partial charge in [-0.1, -0.05) is 27.5 Å². The van der Waals surface area contributed by atoms with Crippen molar-refractivity contribution >= 4 is 48.4 Å². The van der Waals surface area contributed by atoms with Crippen molar-refractivity contribution in [1.29, 1.82) is 0 Å². The number of hydrogen-bond donors (Lipinski definition) is 0. The first kappa shape index (κ1) is 14.5. The fourth-order valence-electron chi connectivity index (χ4n) is 1.68. The molecule has 1 fully saturated rings. The van der Waals surface area contributed by atoms with E-state index < -0.39 is 20.8 Å². The summed E-state index contributed by atoms with van der Waals surface area (Å²) in [5, 5.41) is 0.191. The minimum atomic E-state index is -3.59. The molecule has 1 saturated heterocycles. The van der Waals surface area contributed by atoms with E-state index in [1.165, 1.54) is 10.4 Å². The number of rotatable bonds is 2. The molecule has 100 valence electrons. The van der Waals surface area contributed by atoms with Crippen molar-refractivity contribution in [2.24, 2.45) is 0 Å². The lowest BCUT2D eigenvalue weighted by atomic mass is 10.4. The maximum atomic E-state index is 12.4. The molecule has 1 aliphatic rings. The van der Waals surface area contributed by atoms with E-state index in [2.05, 4.69) is 15.9 Å². The fourth-order valence-corrected chi connectivity index (χ4v) is 5.42. The lowest BCUT2D eigenvalue weighted by Crippen LogP contribution is -2.41. The number of sulfonamides is 1. The predicted molar refractivity (Wildman–Crippen MR) is 75.8 cm³/mol. The number of halogens is 2. The molecule has 0 N–H and O–H groups in total.